The van der Waals surface area contributed by atoms with Crippen LogP contribution in [0.4, 0.5) is 9.18 Å². The number of amides is 1. The second-order valence-corrected chi connectivity index (χ2v) is 12.4. The van der Waals surface area contributed by atoms with E-state index in [2.05, 4.69) is 11.1 Å². The zero-order valence-corrected chi connectivity index (χ0v) is 20.8. The number of thiophene rings is 1. The second kappa shape index (κ2) is 8.04. The first-order valence-electron chi connectivity index (χ1n) is 10.6. The Hall–Kier alpha value is -2.10. The average Bonchev–Trinajstić information content (AvgIpc) is 3.39. The van der Waals surface area contributed by atoms with Crippen LogP contribution in [0.2, 0.25) is 0 Å². The van der Waals surface area contributed by atoms with Crippen molar-refractivity contribution in [2.24, 2.45) is 0 Å². The lowest BCUT2D eigenvalue weighted by Crippen LogP contribution is -2.41. The fraction of sp³-hybridized carbons (Fsp3) is 0.435. The molecule has 32 heavy (non-hydrogen) atoms. The minimum absolute atomic E-state index is 0.227. The Bertz CT molecular complexity index is 1280. The zero-order chi connectivity index (χ0) is 22.6. The molecule has 5 nitrogen and oxygen atoms in total. The van der Waals surface area contributed by atoms with Crippen molar-refractivity contribution in [2.75, 3.05) is 13.1 Å². The van der Waals surface area contributed by atoms with E-state index in [1.54, 1.807) is 27.6 Å². The summed E-state index contributed by atoms with van der Waals surface area (Å²) in [5.74, 6) is 0.135. The highest BCUT2D eigenvalue weighted by Gasteiger charge is 2.28. The number of benzene rings is 1. The molecule has 0 spiro atoms. The van der Waals surface area contributed by atoms with Gasteiger partial charge in [-0.25, -0.2) is 19.2 Å². The van der Waals surface area contributed by atoms with Crippen LogP contribution in [0.25, 0.3) is 30.3 Å². The largest absolute Gasteiger partial charge is 0.444 e. The summed E-state index contributed by atoms with van der Waals surface area (Å²) in [6, 6.07) is 5.75. The van der Waals surface area contributed by atoms with E-state index in [-0.39, 0.29) is 11.9 Å². The van der Waals surface area contributed by atoms with Crippen molar-refractivity contribution in [1.29, 1.82) is 0 Å². The van der Waals surface area contributed by atoms with Crippen molar-refractivity contribution < 1.29 is 13.9 Å². The molecule has 0 bridgehead atoms. The molecule has 4 aromatic rings. The monoisotopic (exact) mass is 489 g/mol. The van der Waals surface area contributed by atoms with Gasteiger partial charge in [-0.3, -0.25) is 0 Å². The van der Waals surface area contributed by atoms with E-state index < -0.39 is 5.60 Å². The summed E-state index contributed by atoms with van der Waals surface area (Å²) in [6.07, 6.45) is 1.62. The van der Waals surface area contributed by atoms with Gasteiger partial charge in [-0.1, -0.05) is 0 Å². The molecule has 1 fully saturated rings. The molecule has 0 atom stereocenters. The van der Waals surface area contributed by atoms with Crippen LogP contribution in [-0.4, -0.2) is 39.7 Å². The number of rotatable bonds is 2. The van der Waals surface area contributed by atoms with E-state index in [0.717, 1.165) is 42.7 Å². The fourth-order valence-electron chi connectivity index (χ4n) is 3.97. The number of ether oxygens (including phenoxy) is 1. The lowest BCUT2D eigenvalue weighted by atomic mass is 9.95. The van der Waals surface area contributed by atoms with Crippen molar-refractivity contribution in [2.45, 2.75) is 52.1 Å². The molecular formula is C23H24FN3O2S3. The third-order valence-electron chi connectivity index (χ3n) is 5.46. The van der Waals surface area contributed by atoms with Gasteiger partial charge in [-0.15, -0.1) is 34.0 Å². The molecule has 0 N–H and O–H groups in total. The summed E-state index contributed by atoms with van der Waals surface area (Å²) < 4.78 is 22.0. The van der Waals surface area contributed by atoms with Gasteiger partial charge in [0, 0.05) is 23.5 Å². The molecule has 3 aromatic heterocycles. The Balaban J connectivity index is 1.31. The number of likely N-dealkylation sites (tertiary alicyclic amines) is 1. The number of piperidine rings is 1. The van der Waals surface area contributed by atoms with Crippen LogP contribution in [0.5, 0.6) is 0 Å². The molecular weight excluding hydrogens is 465 g/mol. The maximum Gasteiger partial charge on any atom is 0.410 e. The number of carbonyl (C=O) groups excluding carboxylic acids is 1. The molecule has 0 unspecified atom stereocenters. The van der Waals surface area contributed by atoms with Gasteiger partial charge in [-0.05, 0) is 64.7 Å². The van der Waals surface area contributed by atoms with Crippen LogP contribution < -0.4 is 0 Å². The summed E-state index contributed by atoms with van der Waals surface area (Å²) in [4.78, 5) is 25.5. The smallest absolute Gasteiger partial charge is 0.410 e. The summed E-state index contributed by atoms with van der Waals surface area (Å²) in [5, 5.41) is 1.70. The maximum absolute atomic E-state index is 14.5. The Morgan fingerprint density at radius 3 is 2.53 bits per heavy atom. The molecule has 4 heterocycles. The molecule has 9 heteroatoms. The highest BCUT2D eigenvalue weighted by Crippen LogP contribution is 2.41. The van der Waals surface area contributed by atoms with Crippen LogP contribution >= 0.6 is 34.0 Å². The minimum Gasteiger partial charge on any atom is -0.444 e. The van der Waals surface area contributed by atoms with E-state index in [0.29, 0.717) is 24.5 Å². The summed E-state index contributed by atoms with van der Waals surface area (Å²) in [5.41, 5.74) is 0.774. The number of aryl methyl sites for hydroxylation is 1. The lowest BCUT2D eigenvalue weighted by molar-refractivity contribution is 0.0205. The van der Waals surface area contributed by atoms with Gasteiger partial charge in [0.1, 0.15) is 21.0 Å². The van der Waals surface area contributed by atoms with E-state index in [9.17, 15) is 9.18 Å². The number of thiazole rings is 2. The van der Waals surface area contributed by atoms with Crippen molar-refractivity contribution in [3.63, 3.8) is 0 Å². The Kier molecular flexibility index (Phi) is 5.46. The molecule has 0 saturated carbocycles. The van der Waals surface area contributed by atoms with Gasteiger partial charge in [0.2, 0.25) is 0 Å². The standard InChI is InChI=1S/C23H24FN3O2S3/c1-12-25-19-15(24)9-14(10-17(19)30-12)20-26-21-18(32-20)11-16(31-21)13-5-7-27(8-6-13)22(28)29-23(2,3)4/h9-11,13H,5-8H2,1-4H3. The van der Waals surface area contributed by atoms with E-state index in [4.69, 9.17) is 9.72 Å². The average molecular weight is 490 g/mol. The topological polar surface area (TPSA) is 55.3 Å². The molecule has 1 aromatic carbocycles. The van der Waals surface area contributed by atoms with Gasteiger partial charge in [-0.2, -0.15) is 0 Å². The quantitative estimate of drug-likeness (QED) is 0.299. The number of hydrogen-bond acceptors (Lipinski definition) is 7. The highest BCUT2D eigenvalue weighted by atomic mass is 32.1. The van der Waals surface area contributed by atoms with Gasteiger partial charge in [0.05, 0.1) is 14.4 Å². The molecule has 0 radical (unpaired) electrons. The SMILES string of the molecule is Cc1nc2c(F)cc(-c3nc4sc(C5CCN(C(=O)OC(C)(C)C)CC5)cc4s3)cc2s1. The maximum atomic E-state index is 14.5. The Morgan fingerprint density at radius 1 is 1.09 bits per heavy atom. The first kappa shape index (κ1) is 21.7. The molecule has 1 aliphatic rings. The van der Waals surface area contributed by atoms with Crippen LogP contribution in [0.3, 0.4) is 0 Å². The number of hydrogen-bond donors (Lipinski definition) is 0. The van der Waals surface area contributed by atoms with Crippen molar-refractivity contribution in [3.05, 3.63) is 33.9 Å². The van der Waals surface area contributed by atoms with Gasteiger partial charge < -0.3 is 9.64 Å². The van der Waals surface area contributed by atoms with Crippen LogP contribution in [0, 0.1) is 12.7 Å². The third-order valence-corrected chi connectivity index (χ3v) is 8.75. The first-order valence-corrected chi connectivity index (χ1v) is 13.1. The minimum atomic E-state index is -0.471. The number of halogens is 1. The van der Waals surface area contributed by atoms with E-state index in [1.165, 1.54) is 22.3 Å². The number of fused-ring (bicyclic) bond motifs is 2. The van der Waals surface area contributed by atoms with Crippen LogP contribution in [-0.2, 0) is 4.74 Å². The molecule has 1 aliphatic heterocycles. The molecule has 5 rings (SSSR count). The number of nitrogens with zero attached hydrogens (tertiary/aromatic N) is 3. The third kappa shape index (κ3) is 4.25. The van der Waals surface area contributed by atoms with Gasteiger partial charge >= 0.3 is 6.09 Å². The summed E-state index contributed by atoms with van der Waals surface area (Å²) >= 11 is 4.82. The normalized spacial score (nSPS) is 15.7. The van der Waals surface area contributed by atoms with Crippen LogP contribution in [0.15, 0.2) is 18.2 Å². The van der Waals surface area contributed by atoms with Gasteiger partial charge in [0.15, 0.2) is 5.82 Å². The lowest BCUT2D eigenvalue weighted by Gasteiger charge is -2.33. The molecule has 0 aliphatic carbocycles. The van der Waals surface area contributed by atoms with E-state index in [1.807, 2.05) is 33.8 Å². The highest BCUT2D eigenvalue weighted by molar-refractivity contribution is 7.28. The molecule has 1 saturated heterocycles. The summed E-state index contributed by atoms with van der Waals surface area (Å²) in [7, 11) is 0. The zero-order valence-electron chi connectivity index (χ0n) is 18.4. The number of aromatic nitrogens is 2. The summed E-state index contributed by atoms with van der Waals surface area (Å²) in [6.45, 7) is 8.98. The van der Waals surface area contributed by atoms with Crippen molar-refractivity contribution >= 4 is 59.9 Å². The van der Waals surface area contributed by atoms with Crippen molar-refractivity contribution in [1.82, 2.24) is 14.9 Å². The predicted octanol–water partition coefficient (Wildman–Crippen LogP) is 7.20. The molecule has 1 amide bonds. The predicted molar refractivity (Wildman–Crippen MR) is 131 cm³/mol. The van der Waals surface area contributed by atoms with Crippen LogP contribution in [0.1, 0.15) is 49.4 Å². The number of carbonyl (C=O) groups is 1. The second-order valence-electron chi connectivity index (χ2n) is 9.12. The van der Waals surface area contributed by atoms with Crippen molar-refractivity contribution in [3.8, 4) is 10.6 Å². The Morgan fingerprint density at radius 2 is 1.84 bits per heavy atom. The van der Waals surface area contributed by atoms with Gasteiger partial charge in [0.25, 0.3) is 0 Å². The van der Waals surface area contributed by atoms with E-state index >= 15 is 0 Å². The molecule has 168 valence electrons. The Labute approximate surface area is 197 Å². The fourth-order valence-corrected chi connectivity index (χ4v) is 7.24. The first-order chi connectivity index (χ1) is 15.2.